The average molecular weight is 430 g/mol. The molecule has 0 aliphatic rings. The Hall–Kier alpha value is -0.740. The van der Waals surface area contributed by atoms with Crippen LogP contribution in [0.25, 0.3) is 0 Å². The number of thiazole rings is 1. The van der Waals surface area contributed by atoms with E-state index in [9.17, 15) is 17.6 Å². The fraction of sp³-hybridized carbons (Fsp3) is 0.308. The first-order valence-electron chi connectivity index (χ1n) is 6.04. The van der Waals surface area contributed by atoms with Gasteiger partial charge in [0.25, 0.3) is 0 Å². The van der Waals surface area contributed by atoms with E-state index in [0.717, 1.165) is 5.56 Å². The summed E-state index contributed by atoms with van der Waals surface area (Å²) in [4.78, 5) is 3.89. The third-order valence-electron chi connectivity index (χ3n) is 2.73. The summed E-state index contributed by atoms with van der Waals surface area (Å²) in [5.74, 6) is -0.376. The van der Waals surface area contributed by atoms with Crippen LogP contribution in [0.5, 0.6) is 0 Å². The van der Waals surface area contributed by atoms with Gasteiger partial charge < -0.3 is 5.32 Å². The zero-order valence-corrected chi connectivity index (χ0v) is 13.8. The monoisotopic (exact) mass is 430 g/mol. The van der Waals surface area contributed by atoms with E-state index in [1.807, 2.05) is 29.5 Å². The van der Waals surface area contributed by atoms with Crippen LogP contribution in [0, 0.1) is 9.39 Å². The lowest BCUT2D eigenvalue weighted by molar-refractivity contribution is -0.137. The topological polar surface area (TPSA) is 24.9 Å². The van der Waals surface area contributed by atoms with Crippen LogP contribution in [-0.4, -0.2) is 11.5 Å². The maximum absolute atomic E-state index is 13.2. The minimum absolute atomic E-state index is 0.376. The molecule has 1 unspecified atom stereocenters. The first kappa shape index (κ1) is 16.6. The Kier molecular flexibility index (Phi) is 5.20. The van der Waals surface area contributed by atoms with Gasteiger partial charge in [-0.15, -0.1) is 11.3 Å². The highest BCUT2D eigenvalue weighted by atomic mass is 127. The van der Waals surface area contributed by atoms with E-state index in [1.54, 1.807) is 6.07 Å². The van der Waals surface area contributed by atoms with Crippen LogP contribution in [0.15, 0.2) is 24.4 Å². The SMILES string of the molecule is CCNC(c1cnc(C(F)(F)F)s1)c1ccc(F)cc1I. The van der Waals surface area contributed by atoms with E-state index in [0.29, 0.717) is 26.3 Å². The zero-order valence-electron chi connectivity index (χ0n) is 10.8. The van der Waals surface area contributed by atoms with E-state index < -0.39 is 17.2 Å². The van der Waals surface area contributed by atoms with Crippen molar-refractivity contribution in [2.45, 2.75) is 19.1 Å². The summed E-state index contributed by atoms with van der Waals surface area (Å²) in [7, 11) is 0. The van der Waals surface area contributed by atoms with Gasteiger partial charge in [-0.05, 0) is 46.8 Å². The van der Waals surface area contributed by atoms with Crippen LogP contribution in [0.4, 0.5) is 17.6 Å². The third-order valence-corrected chi connectivity index (χ3v) is 4.77. The Morgan fingerprint density at radius 3 is 2.62 bits per heavy atom. The van der Waals surface area contributed by atoms with Crippen molar-refractivity contribution in [1.29, 1.82) is 0 Å². The van der Waals surface area contributed by atoms with Crippen molar-refractivity contribution >= 4 is 33.9 Å². The summed E-state index contributed by atoms with van der Waals surface area (Å²) in [5.41, 5.74) is 0.733. The lowest BCUT2D eigenvalue weighted by Gasteiger charge is -2.18. The molecular weight excluding hydrogens is 419 g/mol. The average Bonchev–Trinajstić information content (AvgIpc) is 2.86. The molecule has 1 N–H and O–H groups in total. The second-order valence-electron chi connectivity index (χ2n) is 4.22. The predicted molar refractivity (Wildman–Crippen MR) is 81.8 cm³/mol. The number of aromatic nitrogens is 1. The van der Waals surface area contributed by atoms with Crippen LogP contribution in [0.2, 0.25) is 0 Å². The molecule has 0 saturated carbocycles. The molecule has 114 valence electrons. The summed E-state index contributed by atoms with van der Waals surface area (Å²) in [6, 6.07) is 3.80. The molecule has 0 bridgehead atoms. The first-order chi connectivity index (χ1) is 9.82. The number of benzene rings is 1. The molecule has 0 saturated heterocycles. The number of nitrogens with one attached hydrogen (secondary N) is 1. The van der Waals surface area contributed by atoms with Crippen molar-refractivity contribution in [3.63, 3.8) is 0 Å². The third kappa shape index (κ3) is 3.92. The Balaban J connectivity index is 2.41. The van der Waals surface area contributed by atoms with E-state index in [-0.39, 0.29) is 5.82 Å². The van der Waals surface area contributed by atoms with Gasteiger partial charge >= 0.3 is 6.18 Å². The molecule has 0 fully saturated rings. The normalized spacial score (nSPS) is 13.4. The van der Waals surface area contributed by atoms with Crippen LogP contribution in [0.3, 0.4) is 0 Å². The molecule has 1 aromatic heterocycles. The first-order valence-corrected chi connectivity index (χ1v) is 7.93. The summed E-state index contributed by atoms with van der Waals surface area (Å²) < 4.78 is 51.8. The van der Waals surface area contributed by atoms with Crippen molar-refractivity contribution in [3.8, 4) is 0 Å². The molecule has 1 aromatic carbocycles. The van der Waals surface area contributed by atoms with Crippen molar-refractivity contribution in [1.82, 2.24) is 10.3 Å². The quantitative estimate of drug-likeness (QED) is 0.567. The minimum Gasteiger partial charge on any atom is -0.306 e. The van der Waals surface area contributed by atoms with Crippen molar-refractivity contribution < 1.29 is 17.6 Å². The minimum atomic E-state index is -4.45. The number of hydrogen-bond acceptors (Lipinski definition) is 3. The van der Waals surface area contributed by atoms with Gasteiger partial charge in [-0.1, -0.05) is 13.0 Å². The molecule has 2 nitrogen and oxygen atoms in total. The molecule has 0 amide bonds. The Morgan fingerprint density at radius 1 is 1.38 bits per heavy atom. The molecule has 1 heterocycles. The largest absolute Gasteiger partial charge is 0.443 e. The lowest BCUT2D eigenvalue weighted by atomic mass is 10.1. The molecule has 1 atom stereocenters. The summed E-state index contributed by atoms with van der Waals surface area (Å²) >= 11 is 2.57. The Labute approximate surface area is 136 Å². The number of halogens is 5. The smallest absolute Gasteiger partial charge is 0.306 e. The molecule has 8 heteroatoms. The van der Waals surface area contributed by atoms with E-state index in [2.05, 4.69) is 10.3 Å². The maximum atomic E-state index is 13.2. The summed E-state index contributed by atoms with van der Waals surface area (Å²) in [6.45, 7) is 2.42. The zero-order chi connectivity index (χ0) is 15.6. The summed E-state index contributed by atoms with van der Waals surface area (Å²) in [6.07, 6.45) is -3.23. The maximum Gasteiger partial charge on any atom is 0.443 e. The van der Waals surface area contributed by atoms with Crippen molar-refractivity contribution in [3.05, 3.63) is 49.2 Å². The molecule has 0 spiro atoms. The number of nitrogens with zero attached hydrogens (tertiary/aromatic N) is 1. The molecular formula is C13H11F4IN2S. The van der Waals surface area contributed by atoms with Gasteiger partial charge in [0.05, 0.1) is 6.04 Å². The highest BCUT2D eigenvalue weighted by Crippen LogP contribution is 2.36. The fourth-order valence-corrected chi connectivity index (χ4v) is 3.52. The standard InChI is InChI=1S/C13H11F4IN2S/c1-2-19-11(8-4-3-7(14)5-9(8)18)10-6-20-12(21-10)13(15,16)17/h3-6,11,19H,2H2,1H3. The number of alkyl halides is 3. The molecule has 2 aromatic rings. The van der Waals surface area contributed by atoms with Crippen LogP contribution in [-0.2, 0) is 6.18 Å². The Bertz CT molecular complexity index is 627. The fourth-order valence-electron chi connectivity index (χ4n) is 1.85. The number of rotatable bonds is 4. The highest BCUT2D eigenvalue weighted by molar-refractivity contribution is 14.1. The second-order valence-corrected chi connectivity index (χ2v) is 6.45. The van der Waals surface area contributed by atoms with Gasteiger partial charge in [0.15, 0.2) is 5.01 Å². The van der Waals surface area contributed by atoms with Crippen LogP contribution in [0.1, 0.15) is 28.4 Å². The van der Waals surface area contributed by atoms with Gasteiger partial charge in [-0.2, -0.15) is 13.2 Å². The van der Waals surface area contributed by atoms with E-state index >= 15 is 0 Å². The van der Waals surface area contributed by atoms with Crippen molar-refractivity contribution in [2.75, 3.05) is 6.54 Å². The van der Waals surface area contributed by atoms with E-state index in [1.165, 1.54) is 18.3 Å². The molecule has 0 aliphatic carbocycles. The van der Waals surface area contributed by atoms with Gasteiger partial charge in [0.1, 0.15) is 5.82 Å². The summed E-state index contributed by atoms with van der Waals surface area (Å²) in [5, 5.41) is 2.24. The predicted octanol–water partition coefficient (Wildman–Crippen LogP) is 4.60. The number of hydrogen-bond donors (Lipinski definition) is 1. The van der Waals surface area contributed by atoms with Gasteiger partial charge in [-0.25, -0.2) is 9.37 Å². The molecule has 21 heavy (non-hydrogen) atoms. The van der Waals surface area contributed by atoms with Gasteiger partial charge in [-0.3, -0.25) is 0 Å². The lowest BCUT2D eigenvalue weighted by Crippen LogP contribution is -2.22. The highest BCUT2D eigenvalue weighted by Gasteiger charge is 2.35. The molecule has 2 rings (SSSR count). The molecule has 0 aliphatic heterocycles. The van der Waals surface area contributed by atoms with Gasteiger partial charge in [0, 0.05) is 14.6 Å². The van der Waals surface area contributed by atoms with Crippen molar-refractivity contribution in [2.24, 2.45) is 0 Å². The van der Waals surface area contributed by atoms with Crippen LogP contribution < -0.4 is 5.32 Å². The second kappa shape index (κ2) is 6.57. The van der Waals surface area contributed by atoms with Crippen LogP contribution >= 0.6 is 33.9 Å². The van der Waals surface area contributed by atoms with E-state index in [4.69, 9.17) is 0 Å². The van der Waals surface area contributed by atoms with Gasteiger partial charge in [0.2, 0.25) is 0 Å². The Morgan fingerprint density at radius 2 is 2.10 bits per heavy atom. The molecule has 0 radical (unpaired) electrons.